The Bertz CT molecular complexity index is 3100. The van der Waals surface area contributed by atoms with Gasteiger partial charge in [-0.05, 0) is 0 Å². The first-order valence-corrected chi connectivity index (χ1v) is 33.7. The van der Waals surface area contributed by atoms with Gasteiger partial charge in [-0.2, -0.15) is 0 Å². The molecule has 12 rings (SSSR count). The van der Waals surface area contributed by atoms with Gasteiger partial charge in [-0.3, -0.25) is 0 Å². The quantitative estimate of drug-likeness (QED) is 0.153. The molecule has 0 fully saturated rings. The van der Waals surface area contributed by atoms with Crippen LogP contribution in [0.15, 0.2) is 201 Å². The summed E-state index contributed by atoms with van der Waals surface area (Å²) >= 11 is 1.17. The maximum atomic E-state index is 2.66. The fourth-order valence-electron chi connectivity index (χ4n) is 10.9. The zero-order chi connectivity index (χ0) is 44.8. The van der Waals surface area contributed by atoms with Crippen molar-refractivity contribution in [3.63, 3.8) is 0 Å². The third kappa shape index (κ3) is 7.94. The topological polar surface area (TPSA) is 6.48 Å². The van der Waals surface area contributed by atoms with Crippen LogP contribution in [0.1, 0.15) is 54.5 Å². The predicted octanol–water partition coefficient (Wildman–Crippen LogP) is 12.0. The van der Waals surface area contributed by atoms with Crippen LogP contribution in [0, 0.1) is 13.8 Å². The van der Waals surface area contributed by atoms with Crippen molar-refractivity contribution in [2.75, 3.05) is 9.80 Å². The molecule has 0 bridgehead atoms. The normalized spacial score (nSPS) is 15.7. The van der Waals surface area contributed by atoms with Crippen LogP contribution >= 0.6 is 23.5 Å². The molecule has 2 aliphatic carbocycles. The Kier molecular flexibility index (Phi) is 13.0. The molecule has 2 atom stereocenters. The summed E-state index contributed by atoms with van der Waals surface area (Å²) in [5.74, 6) is 0. The maximum Gasteiger partial charge on any atom is -1.00 e. The Labute approximate surface area is 430 Å². The van der Waals surface area contributed by atoms with Gasteiger partial charge in [-0.1, -0.05) is 0 Å². The number of allylic oxidation sites excluding steroid dienone is 2. The van der Waals surface area contributed by atoms with E-state index in [-0.39, 0.29) is 24.8 Å². The monoisotopic (exact) mass is 1050 g/mol. The Morgan fingerprint density at radius 3 is 1.04 bits per heavy atom. The van der Waals surface area contributed by atoms with Gasteiger partial charge in [0.2, 0.25) is 0 Å². The van der Waals surface area contributed by atoms with Crippen LogP contribution in [0.2, 0.25) is 13.1 Å². The van der Waals surface area contributed by atoms with E-state index in [1.165, 1.54) is 98.2 Å². The van der Waals surface area contributed by atoms with E-state index in [0.717, 1.165) is 0 Å². The summed E-state index contributed by atoms with van der Waals surface area (Å²) in [6.07, 6.45) is 5.21. The molecule has 0 saturated carbocycles. The van der Waals surface area contributed by atoms with E-state index in [2.05, 4.69) is 233 Å². The van der Waals surface area contributed by atoms with E-state index < -0.39 is 25.8 Å². The van der Waals surface area contributed by atoms with Crippen molar-refractivity contribution in [2.45, 2.75) is 67.6 Å². The molecular weight excluding hydrogens is 1000 g/mol. The fourth-order valence-corrected chi connectivity index (χ4v) is 33.7. The van der Waals surface area contributed by atoms with Crippen molar-refractivity contribution in [1.82, 2.24) is 0 Å². The van der Waals surface area contributed by atoms with Gasteiger partial charge in [0.05, 0.1) is 0 Å². The van der Waals surface area contributed by atoms with Gasteiger partial charge < -0.3 is 24.8 Å². The zero-order valence-corrected chi connectivity index (χ0v) is 45.5. The number of fused-ring (bicyclic) bond motifs is 6. The van der Waals surface area contributed by atoms with Gasteiger partial charge in [-0.25, -0.2) is 0 Å². The molecule has 2 heterocycles. The molecule has 68 heavy (non-hydrogen) atoms. The zero-order valence-electron chi connectivity index (χ0n) is 38.9. The Morgan fingerprint density at radius 2 is 0.721 bits per heavy atom. The third-order valence-electron chi connectivity index (χ3n) is 14.0. The van der Waals surface area contributed by atoms with Crippen molar-refractivity contribution < 1.29 is 45.2 Å². The summed E-state index contributed by atoms with van der Waals surface area (Å²) in [5, 5.41) is 0. The Balaban J connectivity index is 0.00000269. The minimum absolute atomic E-state index is 0. The standard InChI is InChI=1S/2C29H22NS.C2H6Si.2ClH.Zr/c2*1-19-11-13-21(14-12-19)22-17-23-15-20(2)16-24(23)27(18-22)30-25-7-3-5-9-28(25)31-29-10-6-4-8-26(29)30;1-3-2;;;/h2*3-18H,1-2H3;1-2H3;2*1H;/q;;;;;+2/p-2. The molecule has 0 unspecified atom stereocenters. The number of hydrogen-bond acceptors (Lipinski definition) is 4. The van der Waals surface area contributed by atoms with Gasteiger partial charge in [0, 0.05) is 0 Å². The van der Waals surface area contributed by atoms with Crippen molar-refractivity contribution in [2.24, 2.45) is 0 Å². The molecule has 0 amide bonds. The summed E-state index contributed by atoms with van der Waals surface area (Å²) < 4.78 is 0.886. The number of benzene rings is 8. The molecule has 8 heteroatoms. The Morgan fingerprint density at radius 1 is 0.397 bits per heavy atom. The number of nitrogens with zero attached hydrogens (tertiary/aromatic N) is 2. The molecular formula is C60H50Cl2N2S2SiZr. The van der Waals surface area contributed by atoms with Crippen LogP contribution in [0.5, 0.6) is 0 Å². The van der Waals surface area contributed by atoms with E-state index in [0.29, 0.717) is 7.25 Å². The molecule has 2 nitrogen and oxygen atoms in total. The predicted molar refractivity (Wildman–Crippen MR) is 281 cm³/mol. The van der Waals surface area contributed by atoms with Gasteiger partial charge in [0.15, 0.2) is 0 Å². The second kappa shape index (κ2) is 18.9. The van der Waals surface area contributed by atoms with Crippen molar-refractivity contribution in [3.8, 4) is 22.3 Å². The first-order chi connectivity index (χ1) is 32.2. The summed E-state index contributed by atoms with van der Waals surface area (Å²) in [4.78, 5) is 10.4. The maximum absolute atomic E-state index is 2.66. The molecule has 8 aromatic carbocycles. The number of anilines is 6. The smallest absolute Gasteiger partial charge is 1.00 e. The molecule has 0 N–H and O–H groups in total. The second-order valence-electron chi connectivity index (χ2n) is 18.6. The van der Waals surface area contributed by atoms with E-state index in [4.69, 9.17) is 0 Å². The molecule has 0 spiro atoms. The summed E-state index contributed by atoms with van der Waals surface area (Å²) in [6.45, 7) is 14.7. The van der Waals surface area contributed by atoms with E-state index in [1.54, 1.807) is 22.3 Å². The molecule has 334 valence electrons. The van der Waals surface area contributed by atoms with Gasteiger partial charge in [-0.15, -0.1) is 0 Å². The van der Waals surface area contributed by atoms with Crippen molar-refractivity contribution >= 4 is 75.2 Å². The average Bonchev–Trinajstić information content (AvgIpc) is 3.84. The first kappa shape index (κ1) is 46.9. The first-order valence-electron chi connectivity index (χ1n) is 23.1. The molecule has 4 aliphatic rings. The van der Waals surface area contributed by atoms with Crippen LogP contribution in [0.25, 0.3) is 34.4 Å². The third-order valence-corrected chi connectivity index (χ3v) is 36.1. The number of hydrogen-bond donors (Lipinski definition) is 0. The summed E-state index contributed by atoms with van der Waals surface area (Å²) in [6, 6.07) is 64.6. The van der Waals surface area contributed by atoms with Crippen LogP contribution in [0.4, 0.5) is 34.1 Å². The van der Waals surface area contributed by atoms with Crippen LogP contribution < -0.4 is 34.6 Å². The molecule has 0 saturated heterocycles. The summed E-state index contributed by atoms with van der Waals surface area (Å²) in [7, 11) is 0. The minimum atomic E-state index is -2.60. The fraction of sp³-hybridized carbons (Fsp3) is 0.133. The number of para-hydroxylation sites is 4. The minimum Gasteiger partial charge on any atom is -1.00 e. The van der Waals surface area contributed by atoms with Crippen LogP contribution in [-0.4, -0.2) is 5.43 Å². The average molecular weight is 1050 g/mol. The molecule has 8 aromatic rings. The van der Waals surface area contributed by atoms with Gasteiger partial charge >= 0.3 is 410 Å². The van der Waals surface area contributed by atoms with Crippen LogP contribution in [-0.2, 0) is 20.4 Å². The van der Waals surface area contributed by atoms with Gasteiger partial charge in [0.25, 0.3) is 0 Å². The van der Waals surface area contributed by atoms with E-state index in [9.17, 15) is 0 Å². The number of rotatable bonds is 6. The molecule has 0 aromatic heterocycles. The summed E-state index contributed by atoms with van der Waals surface area (Å²) in [5.41, 5.74) is 23.6. The number of aryl methyl sites for hydroxylation is 2. The SMILES string of the molecule is CC1=Cc2c(cc(-c3ccc(C)cc3)cc2N2c3ccccc3Sc3ccccc32)[C@@H]1[Zr+2]([C@H]1C(C)=Cc2c1cc(-c1ccc(C)cc1)cc2N1c2ccccc2Sc2ccccc21)=[Si](C)C.[Cl-].[Cl-]. The Hall–Kier alpha value is -4.78. The van der Waals surface area contributed by atoms with E-state index in [1.807, 2.05) is 23.5 Å². The largest absolute Gasteiger partial charge is 1.00 e. The van der Waals surface area contributed by atoms with Crippen molar-refractivity contribution in [3.05, 3.63) is 214 Å². The number of halogens is 2. The second-order valence-corrected chi connectivity index (χ2v) is 38.6. The molecule has 2 aliphatic heterocycles. The van der Waals surface area contributed by atoms with E-state index >= 15 is 0 Å². The van der Waals surface area contributed by atoms with Crippen molar-refractivity contribution in [1.29, 1.82) is 0 Å². The van der Waals surface area contributed by atoms with Gasteiger partial charge in [0.1, 0.15) is 0 Å². The molecule has 0 radical (unpaired) electrons. The van der Waals surface area contributed by atoms with Crippen LogP contribution in [0.3, 0.4) is 0 Å².